The lowest BCUT2D eigenvalue weighted by Crippen LogP contribution is -2.45. The quantitative estimate of drug-likeness (QED) is 0.119. The number of anilines is 3. The van der Waals surface area contributed by atoms with Gasteiger partial charge in [0.1, 0.15) is 18.4 Å². The summed E-state index contributed by atoms with van der Waals surface area (Å²) in [5, 5.41) is 7.69. The van der Waals surface area contributed by atoms with Crippen LogP contribution >= 0.6 is 0 Å². The van der Waals surface area contributed by atoms with E-state index in [9.17, 15) is 27.2 Å². The Kier molecular flexibility index (Phi) is 12.3. The van der Waals surface area contributed by atoms with Gasteiger partial charge in [-0.2, -0.15) is 22.5 Å². The predicted octanol–water partition coefficient (Wildman–Crippen LogP) is 2.94. The predicted molar refractivity (Wildman–Crippen MR) is 143 cm³/mol. The lowest BCUT2D eigenvalue weighted by Gasteiger charge is -2.23. The van der Waals surface area contributed by atoms with Crippen molar-refractivity contribution in [1.29, 1.82) is 0 Å². The van der Waals surface area contributed by atoms with Crippen LogP contribution in [0.2, 0.25) is 0 Å². The van der Waals surface area contributed by atoms with E-state index in [0.717, 1.165) is 6.07 Å². The van der Waals surface area contributed by atoms with Crippen LogP contribution in [0.1, 0.15) is 25.3 Å². The lowest BCUT2D eigenvalue weighted by atomic mass is 10.2. The third-order valence-corrected chi connectivity index (χ3v) is 5.27. The van der Waals surface area contributed by atoms with Crippen molar-refractivity contribution in [2.75, 3.05) is 51.4 Å². The summed E-state index contributed by atoms with van der Waals surface area (Å²) in [6.45, 7) is 1.18. The molecule has 216 valence electrons. The Balaban J connectivity index is 1.93. The second-order valence-electron chi connectivity index (χ2n) is 8.91. The number of aromatic nitrogens is 3. The van der Waals surface area contributed by atoms with Gasteiger partial charge in [0.05, 0.1) is 23.6 Å². The number of alkyl halides is 3. The molecule has 0 aliphatic rings. The molecule has 2 aromatic heterocycles. The number of nitrogens with zero attached hydrogens (tertiary/aromatic N) is 5. The van der Waals surface area contributed by atoms with Crippen LogP contribution in [0.5, 0.6) is 0 Å². The van der Waals surface area contributed by atoms with Crippen molar-refractivity contribution < 1.29 is 27.2 Å². The number of pyridine rings is 1. The van der Waals surface area contributed by atoms with Crippen LogP contribution in [0.25, 0.3) is 0 Å². The molecule has 10 nitrogen and oxygen atoms in total. The molecule has 0 aliphatic heterocycles. The van der Waals surface area contributed by atoms with E-state index in [1.807, 2.05) is 19.0 Å². The first-order valence-corrected chi connectivity index (χ1v) is 12.3. The highest BCUT2D eigenvalue weighted by molar-refractivity contribution is 5.92. The monoisotopic (exact) mass is 564 g/mol. The van der Waals surface area contributed by atoms with Gasteiger partial charge in [0, 0.05) is 32.6 Å². The number of nitrogens with one attached hydrogen (secondary N) is 3. The molecule has 1 atom stereocenters. The summed E-state index contributed by atoms with van der Waals surface area (Å²) in [6, 6.07) is 1.80. The SMILES string of the molecule is C[C@@H](C(=O)NCCCC#Cc1cnc(Nc2ccc(F)nc2)nc1NCC(F)(F)F)N(C)C(=O)/C=C/CN(C)C. The fourth-order valence-electron chi connectivity index (χ4n) is 2.97. The molecule has 2 aromatic rings. The average molecular weight is 565 g/mol. The van der Waals surface area contributed by atoms with Crippen LogP contribution in [0.15, 0.2) is 36.7 Å². The number of rotatable bonds is 12. The van der Waals surface area contributed by atoms with Crippen LogP contribution in [-0.4, -0.2) is 89.6 Å². The lowest BCUT2D eigenvalue weighted by molar-refractivity contribution is -0.135. The molecule has 0 fully saturated rings. The smallest absolute Gasteiger partial charge is 0.360 e. The van der Waals surface area contributed by atoms with Crippen molar-refractivity contribution in [3.63, 3.8) is 0 Å². The highest BCUT2D eigenvalue weighted by Crippen LogP contribution is 2.20. The fourth-order valence-corrected chi connectivity index (χ4v) is 2.97. The Morgan fingerprint density at radius 2 is 1.90 bits per heavy atom. The molecule has 2 rings (SSSR count). The number of carbonyl (C=O) groups excluding carboxylic acids is 2. The summed E-state index contributed by atoms with van der Waals surface area (Å²) >= 11 is 0. The molecule has 14 heteroatoms. The van der Waals surface area contributed by atoms with E-state index in [0.29, 0.717) is 31.6 Å². The van der Waals surface area contributed by atoms with Crippen LogP contribution in [-0.2, 0) is 9.59 Å². The minimum atomic E-state index is -4.49. The zero-order valence-electron chi connectivity index (χ0n) is 22.6. The number of hydrogen-bond acceptors (Lipinski definition) is 8. The molecule has 0 saturated carbocycles. The highest BCUT2D eigenvalue weighted by Gasteiger charge is 2.27. The summed E-state index contributed by atoms with van der Waals surface area (Å²) < 4.78 is 51.4. The minimum absolute atomic E-state index is 0.0305. The van der Waals surface area contributed by atoms with Crippen molar-refractivity contribution in [1.82, 2.24) is 30.1 Å². The number of likely N-dealkylation sites (N-methyl/N-ethyl adjacent to an activating group) is 2. The third-order valence-electron chi connectivity index (χ3n) is 5.27. The molecule has 40 heavy (non-hydrogen) atoms. The zero-order valence-corrected chi connectivity index (χ0v) is 22.6. The average Bonchev–Trinajstić information content (AvgIpc) is 2.89. The van der Waals surface area contributed by atoms with E-state index in [4.69, 9.17) is 0 Å². The van der Waals surface area contributed by atoms with E-state index in [1.54, 1.807) is 20.0 Å². The summed E-state index contributed by atoms with van der Waals surface area (Å²) in [4.78, 5) is 39.4. The second-order valence-corrected chi connectivity index (χ2v) is 8.91. The molecule has 0 radical (unpaired) electrons. The van der Waals surface area contributed by atoms with Gasteiger partial charge in [-0.15, -0.1) is 0 Å². The maximum absolute atomic E-state index is 13.0. The van der Waals surface area contributed by atoms with Crippen LogP contribution in [0, 0.1) is 17.8 Å². The fraction of sp³-hybridized carbons (Fsp3) is 0.423. The van der Waals surface area contributed by atoms with Gasteiger partial charge < -0.3 is 25.8 Å². The number of carbonyl (C=O) groups is 2. The molecule has 2 heterocycles. The topological polar surface area (TPSA) is 115 Å². The van der Waals surface area contributed by atoms with E-state index < -0.39 is 24.7 Å². The van der Waals surface area contributed by atoms with E-state index in [-0.39, 0.29) is 29.1 Å². The maximum atomic E-state index is 13.0. The van der Waals surface area contributed by atoms with Gasteiger partial charge in [-0.05, 0) is 39.6 Å². The molecule has 0 spiro atoms. The Morgan fingerprint density at radius 3 is 2.55 bits per heavy atom. The summed E-state index contributed by atoms with van der Waals surface area (Å²) in [6.07, 6.45) is 1.90. The first kappa shape index (κ1) is 32.0. The largest absolute Gasteiger partial charge is 0.405 e. The maximum Gasteiger partial charge on any atom is 0.405 e. The molecule has 2 amide bonds. The Bertz CT molecular complexity index is 1220. The normalized spacial score (nSPS) is 12.0. The van der Waals surface area contributed by atoms with Crippen molar-refractivity contribution in [3.05, 3.63) is 48.2 Å². The van der Waals surface area contributed by atoms with Crippen molar-refractivity contribution in [2.24, 2.45) is 0 Å². The van der Waals surface area contributed by atoms with E-state index in [2.05, 4.69) is 42.7 Å². The number of unbranched alkanes of at least 4 members (excludes halogenated alkanes) is 1. The molecule has 0 aromatic carbocycles. The van der Waals surface area contributed by atoms with Gasteiger partial charge in [0.2, 0.25) is 23.7 Å². The van der Waals surface area contributed by atoms with Crippen molar-refractivity contribution >= 4 is 29.3 Å². The van der Waals surface area contributed by atoms with Crippen LogP contribution in [0.3, 0.4) is 0 Å². The summed E-state index contributed by atoms with van der Waals surface area (Å²) in [5.74, 6) is 4.12. The van der Waals surface area contributed by atoms with Gasteiger partial charge in [0.15, 0.2) is 0 Å². The molecule has 3 N–H and O–H groups in total. The molecule has 0 aliphatic carbocycles. The van der Waals surface area contributed by atoms with Gasteiger partial charge in [0.25, 0.3) is 0 Å². The first-order valence-electron chi connectivity index (χ1n) is 12.3. The second kappa shape index (κ2) is 15.4. The van der Waals surface area contributed by atoms with Gasteiger partial charge in [-0.25, -0.2) is 9.97 Å². The summed E-state index contributed by atoms with van der Waals surface area (Å²) in [7, 11) is 5.29. The Morgan fingerprint density at radius 1 is 1.15 bits per heavy atom. The first-order chi connectivity index (χ1) is 18.9. The number of halogens is 4. The minimum Gasteiger partial charge on any atom is -0.360 e. The van der Waals surface area contributed by atoms with Gasteiger partial charge in [-0.1, -0.05) is 17.9 Å². The van der Waals surface area contributed by atoms with Gasteiger partial charge >= 0.3 is 6.18 Å². The summed E-state index contributed by atoms with van der Waals surface area (Å²) in [5.41, 5.74) is 0.488. The molecule has 0 saturated heterocycles. The van der Waals surface area contributed by atoms with Gasteiger partial charge in [-0.3, -0.25) is 9.59 Å². The Hall–Kier alpha value is -4.25. The molecule has 0 bridgehead atoms. The Labute approximate surface area is 230 Å². The van der Waals surface area contributed by atoms with Crippen LogP contribution < -0.4 is 16.0 Å². The number of hydrogen-bond donors (Lipinski definition) is 3. The van der Waals surface area contributed by atoms with E-state index >= 15 is 0 Å². The van der Waals surface area contributed by atoms with Crippen molar-refractivity contribution in [3.8, 4) is 11.8 Å². The number of amides is 2. The van der Waals surface area contributed by atoms with E-state index in [1.165, 1.54) is 29.4 Å². The molecular formula is C26H32F4N8O2. The highest BCUT2D eigenvalue weighted by atomic mass is 19.4. The molecule has 0 unspecified atom stereocenters. The standard InChI is InChI=1S/C26H32F4N8O2/c1-18(38(4)22(39)10-8-14-37(2)3)24(40)31-13-7-5-6-9-19-15-33-25(35-20-11-12-21(27)32-16-20)36-23(19)34-17-26(28,29)30/h8,10-12,15-16,18H,5,7,13-14,17H2,1-4H3,(H,31,40)(H2,33,34,35,36)/b10-8+/t18-/m0/s1. The molecular weight excluding hydrogens is 532 g/mol. The van der Waals surface area contributed by atoms with Crippen molar-refractivity contribution in [2.45, 2.75) is 32.0 Å². The zero-order chi connectivity index (χ0) is 29.7. The van der Waals surface area contributed by atoms with Crippen LogP contribution in [0.4, 0.5) is 35.0 Å². The third kappa shape index (κ3) is 11.6.